The molecule has 4 nitrogen and oxygen atoms in total. The zero-order valence-corrected chi connectivity index (χ0v) is 14.8. The third-order valence-corrected chi connectivity index (χ3v) is 6.67. The molecule has 2 N–H and O–H groups in total. The molecule has 1 heterocycles. The number of benzene rings is 1. The lowest BCUT2D eigenvalue weighted by molar-refractivity contribution is 0.192. The van der Waals surface area contributed by atoms with Crippen LogP contribution in [0.2, 0.25) is 10.0 Å². The second kappa shape index (κ2) is 7.49. The van der Waals surface area contributed by atoms with Crippen LogP contribution in [0.25, 0.3) is 0 Å². The van der Waals surface area contributed by atoms with E-state index in [1.807, 2.05) is 6.92 Å². The smallest absolute Gasteiger partial charge is 0.246 e. The molecule has 0 radical (unpaired) electrons. The number of hydrogen-bond donors (Lipinski definition) is 1. The third kappa shape index (κ3) is 3.66. The number of nitrogens with zero attached hydrogens (tertiary/aromatic N) is 1. The van der Waals surface area contributed by atoms with Gasteiger partial charge in [0.15, 0.2) is 0 Å². The van der Waals surface area contributed by atoms with Gasteiger partial charge in [0.1, 0.15) is 4.90 Å². The van der Waals surface area contributed by atoms with Gasteiger partial charge < -0.3 is 5.73 Å². The minimum atomic E-state index is -3.73. The summed E-state index contributed by atoms with van der Waals surface area (Å²) >= 11 is 12.1. The van der Waals surface area contributed by atoms with Gasteiger partial charge in [0.25, 0.3) is 0 Å². The first kappa shape index (κ1) is 19.0. The van der Waals surface area contributed by atoms with Crippen LogP contribution in [-0.2, 0) is 10.0 Å². The molecule has 1 aromatic carbocycles. The Hall–Kier alpha value is -0.0400. The first-order chi connectivity index (χ1) is 9.39. The largest absolute Gasteiger partial charge is 0.329 e. The van der Waals surface area contributed by atoms with Gasteiger partial charge in [0.2, 0.25) is 10.0 Å². The van der Waals surface area contributed by atoms with Gasteiger partial charge in [-0.25, -0.2) is 8.42 Å². The highest BCUT2D eigenvalue weighted by molar-refractivity contribution is 7.89. The van der Waals surface area contributed by atoms with E-state index in [1.165, 1.54) is 16.4 Å². The summed E-state index contributed by atoms with van der Waals surface area (Å²) < 4.78 is 27.1. The maximum atomic E-state index is 12.8. The van der Waals surface area contributed by atoms with Crippen molar-refractivity contribution in [2.75, 3.05) is 13.1 Å². The summed E-state index contributed by atoms with van der Waals surface area (Å²) in [5, 5.41) is 0.290. The molecule has 1 aliphatic heterocycles. The van der Waals surface area contributed by atoms with Crippen molar-refractivity contribution < 1.29 is 8.42 Å². The molecule has 1 aliphatic rings. The Morgan fingerprint density at radius 1 is 1.33 bits per heavy atom. The predicted octanol–water partition coefficient (Wildman–Crippen LogP) is 3.16. The summed E-state index contributed by atoms with van der Waals surface area (Å²) in [6, 6.07) is 4.49. The molecule has 2 rings (SSSR count). The van der Waals surface area contributed by atoms with E-state index in [1.54, 1.807) is 6.07 Å². The fourth-order valence-electron chi connectivity index (χ4n) is 2.71. The van der Waals surface area contributed by atoms with Crippen LogP contribution >= 0.6 is 35.6 Å². The highest BCUT2D eigenvalue weighted by atomic mass is 35.5. The molecule has 120 valence electrons. The summed E-state index contributed by atoms with van der Waals surface area (Å²) in [5.41, 5.74) is 5.76. The van der Waals surface area contributed by atoms with Crippen molar-refractivity contribution in [3.05, 3.63) is 28.2 Å². The summed E-state index contributed by atoms with van der Waals surface area (Å²) in [5.74, 6) is 0.227. The molecule has 1 aromatic rings. The SMILES string of the molecule is CC1CCCN(S(=O)(=O)c2c(Cl)cccc2Cl)C1CN.Cl. The zero-order valence-electron chi connectivity index (χ0n) is 11.6. The first-order valence-corrected chi connectivity index (χ1v) is 8.75. The average molecular weight is 374 g/mol. The van der Waals surface area contributed by atoms with Crippen LogP contribution in [-0.4, -0.2) is 31.9 Å². The van der Waals surface area contributed by atoms with E-state index in [2.05, 4.69) is 0 Å². The lowest BCUT2D eigenvalue weighted by atomic mass is 9.93. The van der Waals surface area contributed by atoms with E-state index in [9.17, 15) is 8.42 Å². The fraction of sp³-hybridized carbons (Fsp3) is 0.538. The van der Waals surface area contributed by atoms with Gasteiger partial charge in [-0.3, -0.25) is 0 Å². The van der Waals surface area contributed by atoms with Crippen molar-refractivity contribution in [3.63, 3.8) is 0 Å². The Balaban J connectivity index is 0.00000220. The molecule has 2 unspecified atom stereocenters. The number of nitrogens with two attached hydrogens (primary N) is 1. The van der Waals surface area contributed by atoms with Gasteiger partial charge in [0.05, 0.1) is 10.0 Å². The van der Waals surface area contributed by atoms with E-state index in [0.29, 0.717) is 13.1 Å². The Labute approximate surface area is 142 Å². The predicted molar refractivity (Wildman–Crippen MR) is 88.8 cm³/mol. The van der Waals surface area contributed by atoms with E-state index >= 15 is 0 Å². The third-order valence-electron chi connectivity index (χ3n) is 3.79. The second-order valence-electron chi connectivity index (χ2n) is 5.09. The van der Waals surface area contributed by atoms with Gasteiger partial charge in [0, 0.05) is 19.1 Å². The topological polar surface area (TPSA) is 63.4 Å². The van der Waals surface area contributed by atoms with E-state index in [4.69, 9.17) is 28.9 Å². The molecule has 0 saturated carbocycles. The molecular formula is C13H19Cl3N2O2S. The van der Waals surface area contributed by atoms with E-state index in [0.717, 1.165) is 12.8 Å². The maximum absolute atomic E-state index is 12.8. The molecule has 1 fully saturated rings. The monoisotopic (exact) mass is 372 g/mol. The van der Waals surface area contributed by atoms with Crippen LogP contribution in [0.15, 0.2) is 23.1 Å². The Kier molecular flexibility index (Phi) is 6.78. The van der Waals surface area contributed by atoms with Crippen LogP contribution in [0.1, 0.15) is 19.8 Å². The molecular weight excluding hydrogens is 355 g/mol. The Bertz CT molecular complexity index is 575. The lowest BCUT2D eigenvalue weighted by Gasteiger charge is -2.38. The van der Waals surface area contributed by atoms with Gasteiger partial charge in [-0.2, -0.15) is 4.31 Å². The fourth-order valence-corrected chi connectivity index (χ4v) is 5.57. The van der Waals surface area contributed by atoms with Gasteiger partial charge in [-0.15, -0.1) is 12.4 Å². The van der Waals surface area contributed by atoms with Crippen molar-refractivity contribution in [3.8, 4) is 0 Å². The van der Waals surface area contributed by atoms with Crippen LogP contribution in [0.4, 0.5) is 0 Å². The van der Waals surface area contributed by atoms with Gasteiger partial charge in [-0.1, -0.05) is 36.2 Å². The summed E-state index contributed by atoms with van der Waals surface area (Å²) in [6.45, 7) is 2.77. The van der Waals surface area contributed by atoms with Gasteiger partial charge in [-0.05, 0) is 30.9 Å². The quantitative estimate of drug-likeness (QED) is 0.885. The zero-order chi connectivity index (χ0) is 14.9. The minimum absolute atomic E-state index is 0. The molecule has 1 saturated heterocycles. The van der Waals surface area contributed by atoms with E-state index in [-0.39, 0.29) is 39.3 Å². The van der Waals surface area contributed by atoms with Crippen molar-refractivity contribution >= 4 is 45.6 Å². The average Bonchev–Trinajstić information content (AvgIpc) is 2.37. The summed E-state index contributed by atoms with van der Waals surface area (Å²) in [7, 11) is -3.73. The van der Waals surface area contributed by atoms with Crippen LogP contribution in [0, 0.1) is 5.92 Å². The second-order valence-corrected chi connectivity index (χ2v) is 7.73. The van der Waals surface area contributed by atoms with Gasteiger partial charge >= 0.3 is 0 Å². The van der Waals surface area contributed by atoms with Crippen LogP contribution in [0.3, 0.4) is 0 Å². The maximum Gasteiger partial charge on any atom is 0.246 e. The molecule has 21 heavy (non-hydrogen) atoms. The van der Waals surface area contributed by atoms with Crippen molar-refractivity contribution in [2.24, 2.45) is 11.7 Å². The minimum Gasteiger partial charge on any atom is -0.329 e. The Morgan fingerprint density at radius 2 is 1.90 bits per heavy atom. The number of halogens is 3. The summed E-state index contributed by atoms with van der Waals surface area (Å²) in [6.07, 6.45) is 1.79. The lowest BCUT2D eigenvalue weighted by Crippen LogP contribution is -2.51. The highest BCUT2D eigenvalue weighted by Gasteiger charge is 2.38. The molecule has 0 bridgehead atoms. The first-order valence-electron chi connectivity index (χ1n) is 6.55. The molecule has 8 heteroatoms. The molecule has 0 amide bonds. The van der Waals surface area contributed by atoms with Crippen LogP contribution in [0.5, 0.6) is 0 Å². The standard InChI is InChI=1S/C13H18Cl2N2O2S.ClH/c1-9-4-3-7-17(12(9)8-16)20(18,19)13-10(14)5-2-6-11(13)15;/h2,5-6,9,12H,3-4,7-8,16H2,1H3;1H. The number of hydrogen-bond acceptors (Lipinski definition) is 3. The highest BCUT2D eigenvalue weighted by Crippen LogP contribution is 2.35. The number of piperidine rings is 1. The molecule has 0 spiro atoms. The Morgan fingerprint density at radius 3 is 2.43 bits per heavy atom. The van der Waals surface area contributed by atoms with E-state index < -0.39 is 10.0 Å². The number of sulfonamides is 1. The molecule has 0 aromatic heterocycles. The van der Waals surface area contributed by atoms with Crippen molar-refractivity contribution in [2.45, 2.75) is 30.7 Å². The van der Waals surface area contributed by atoms with Crippen molar-refractivity contribution in [1.29, 1.82) is 0 Å². The van der Waals surface area contributed by atoms with Crippen molar-refractivity contribution in [1.82, 2.24) is 4.31 Å². The molecule has 0 aliphatic carbocycles. The normalized spacial score (nSPS) is 23.6. The summed E-state index contributed by atoms with van der Waals surface area (Å²) in [4.78, 5) is -0.0177. The molecule has 2 atom stereocenters. The number of rotatable bonds is 3. The van der Waals surface area contributed by atoms with Crippen LogP contribution < -0.4 is 5.73 Å².